The van der Waals surface area contributed by atoms with Gasteiger partial charge in [0, 0.05) is 21.3 Å². The van der Waals surface area contributed by atoms with Crippen LogP contribution in [-0.2, 0) is 0 Å². The van der Waals surface area contributed by atoms with Crippen molar-refractivity contribution in [3.8, 4) is 0 Å². The number of carbonyl (C=O) groups is 1. The number of hydrogen-bond donors (Lipinski definition) is 1. The van der Waals surface area contributed by atoms with Crippen LogP contribution < -0.4 is 5.32 Å². The fraction of sp³-hybridized carbons (Fsp3) is 0. The van der Waals surface area contributed by atoms with Crippen LogP contribution in [0.15, 0.2) is 42.5 Å². The van der Waals surface area contributed by atoms with E-state index in [0.29, 0.717) is 21.3 Å². The normalized spacial score (nSPS) is 10.2. The van der Waals surface area contributed by atoms with E-state index in [0.717, 1.165) is 5.56 Å². The minimum atomic E-state index is -0.215. The molecule has 1 radical (unpaired) electrons. The third-order valence-corrected chi connectivity index (χ3v) is 2.77. The zero-order valence-corrected chi connectivity index (χ0v) is 10.9. The van der Waals surface area contributed by atoms with Gasteiger partial charge in [0.25, 0.3) is 5.91 Å². The molecular weight excluding hydrogens is 269 g/mol. The summed E-state index contributed by atoms with van der Waals surface area (Å²) in [4.78, 5) is 11.9. The third kappa shape index (κ3) is 3.25. The Morgan fingerprint density at radius 2 is 1.56 bits per heavy atom. The summed E-state index contributed by atoms with van der Waals surface area (Å²) in [7, 11) is 0. The molecule has 0 saturated heterocycles. The van der Waals surface area contributed by atoms with E-state index in [1.54, 1.807) is 42.5 Å². The van der Waals surface area contributed by atoms with E-state index in [4.69, 9.17) is 23.2 Å². The highest BCUT2D eigenvalue weighted by Gasteiger charge is 2.06. The average Bonchev–Trinajstić information content (AvgIpc) is 2.28. The molecule has 0 aliphatic heterocycles. The van der Waals surface area contributed by atoms with Crippen molar-refractivity contribution >= 4 is 34.8 Å². The number of hydrogen-bond acceptors (Lipinski definition) is 1. The molecule has 0 spiro atoms. The van der Waals surface area contributed by atoms with Crippen molar-refractivity contribution in [1.29, 1.82) is 0 Å². The van der Waals surface area contributed by atoms with E-state index >= 15 is 0 Å². The minimum Gasteiger partial charge on any atom is -0.322 e. The summed E-state index contributed by atoms with van der Waals surface area (Å²) < 4.78 is 0. The first kappa shape index (κ1) is 12.9. The molecule has 4 heteroatoms. The minimum absolute atomic E-state index is 0.215. The van der Waals surface area contributed by atoms with Crippen LogP contribution in [0.4, 0.5) is 5.69 Å². The summed E-state index contributed by atoms with van der Waals surface area (Å²) in [6.07, 6.45) is 0. The van der Waals surface area contributed by atoms with E-state index in [-0.39, 0.29) is 5.91 Å². The summed E-state index contributed by atoms with van der Waals surface area (Å²) in [6.45, 7) is 3.76. The molecule has 2 aromatic carbocycles. The number of anilines is 1. The molecule has 0 aliphatic rings. The number of carbonyl (C=O) groups excluding carboxylic acids is 1. The van der Waals surface area contributed by atoms with Gasteiger partial charge in [-0.05, 0) is 42.8 Å². The number of benzene rings is 2. The van der Waals surface area contributed by atoms with E-state index < -0.39 is 0 Å². The first-order valence-corrected chi connectivity index (χ1v) is 5.99. The van der Waals surface area contributed by atoms with Crippen LogP contribution in [0.1, 0.15) is 15.9 Å². The third-order valence-electron chi connectivity index (χ3n) is 2.34. The lowest BCUT2D eigenvalue weighted by molar-refractivity contribution is 0.102. The lowest BCUT2D eigenvalue weighted by Crippen LogP contribution is -2.11. The Morgan fingerprint density at radius 1 is 1.00 bits per heavy atom. The maximum Gasteiger partial charge on any atom is 0.255 e. The molecule has 0 saturated carbocycles. The highest BCUT2D eigenvalue weighted by Crippen LogP contribution is 2.22. The zero-order valence-electron chi connectivity index (χ0n) is 9.41. The molecule has 2 nitrogen and oxygen atoms in total. The average molecular weight is 279 g/mol. The van der Waals surface area contributed by atoms with Crippen molar-refractivity contribution < 1.29 is 4.79 Å². The van der Waals surface area contributed by atoms with Gasteiger partial charge >= 0.3 is 0 Å². The molecule has 0 heterocycles. The van der Waals surface area contributed by atoms with Gasteiger partial charge in [0.15, 0.2) is 0 Å². The molecule has 0 unspecified atom stereocenters. The van der Waals surface area contributed by atoms with Gasteiger partial charge in [-0.25, -0.2) is 0 Å². The highest BCUT2D eigenvalue weighted by molar-refractivity contribution is 6.35. The molecule has 2 aromatic rings. The van der Waals surface area contributed by atoms with Crippen LogP contribution in [0.3, 0.4) is 0 Å². The van der Waals surface area contributed by atoms with Crippen molar-refractivity contribution in [3.05, 3.63) is 70.6 Å². The van der Waals surface area contributed by atoms with Crippen molar-refractivity contribution in [2.75, 3.05) is 5.32 Å². The van der Waals surface area contributed by atoms with Gasteiger partial charge < -0.3 is 5.32 Å². The Kier molecular flexibility index (Phi) is 3.90. The van der Waals surface area contributed by atoms with Crippen molar-refractivity contribution in [2.24, 2.45) is 0 Å². The number of halogens is 2. The second-order valence-electron chi connectivity index (χ2n) is 3.81. The molecule has 1 N–H and O–H groups in total. The van der Waals surface area contributed by atoms with Crippen molar-refractivity contribution in [2.45, 2.75) is 0 Å². The number of nitrogens with one attached hydrogen (secondary N) is 1. The summed E-state index contributed by atoms with van der Waals surface area (Å²) >= 11 is 11.7. The second kappa shape index (κ2) is 5.42. The van der Waals surface area contributed by atoms with Gasteiger partial charge in [-0.15, -0.1) is 0 Å². The Morgan fingerprint density at radius 3 is 2.11 bits per heavy atom. The second-order valence-corrected chi connectivity index (χ2v) is 4.68. The van der Waals surface area contributed by atoms with Crippen LogP contribution in [0, 0.1) is 6.92 Å². The molecule has 0 aromatic heterocycles. The monoisotopic (exact) mass is 278 g/mol. The van der Waals surface area contributed by atoms with Gasteiger partial charge in [-0.2, -0.15) is 0 Å². The maximum absolute atomic E-state index is 11.9. The van der Waals surface area contributed by atoms with Crippen LogP contribution in [0.2, 0.25) is 10.0 Å². The Labute approximate surface area is 116 Å². The first-order valence-electron chi connectivity index (χ1n) is 5.24. The molecule has 0 fully saturated rings. The van der Waals surface area contributed by atoms with Gasteiger partial charge in [0.05, 0.1) is 0 Å². The molecule has 1 amide bonds. The van der Waals surface area contributed by atoms with E-state index in [1.807, 2.05) is 0 Å². The molecule has 18 heavy (non-hydrogen) atoms. The van der Waals surface area contributed by atoms with Gasteiger partial charge in [-0.1, -0.05) is 35.3 Å². The summed E-state index contributed by atoms with van der Waals surface area (Å²) in [5.41, 5.74) is 1.98. The fourth-order valence-electron chi connectivity index (χ4n) is 1.49. The maximum atomic E-state index is 11.9. The van der Waals surface area contributed by atoms with Crippen LogP contribution in [0.25, 0.3) is 0 Å². The quantitative estimate of drug-likeness (QED) is 0.865. The van der Waals surface area contributed by atoms with Gasteiger partial charge in [-0.3, -0.25) is 4.79 Å². The number of amides is 1. The molecular formula is C14H10Cl2NO. The van der Waals surface area contributed by atoms with E-state index in [9.17, 15) is 4.79 Å². The zero-order chi connectivity index (χ0) is 13.1. The van der Waals surface area contributed by atoms with E-state index in [2.05, 4.69) is 12.2 Å². The van der Waals surface area contributed by atoms with Crippen LogP contribution >= 0.6 is 23.2 Å². The van der Waals surface area contributed by atoms with Gasteiger partial charge in [0.1, 0.15) is 0 Å². The van der Waals surface area contributed by atoms with Gasteiger partial charge in [0.2, 0.25) is 0 Å². The molecule has 91 valence electrons. The lowest BCUT2D eigenvalue weighted by Gasteiger charge is -2.06. The summed E-state index contributed by atoms with van der Waals surface area (Å²) in [6, 6.07) is 11.9. The molecule has 0 atom stereocenters. The summed E-state index contributed by atoms with van der Waals surface area (Å²) in [5.74, 6) is -0.215. The topological polar surface area (TPSA) is 29.1 Å². The van der Waals surface area contributed by atoms with Crippen LogP contribution in [0.5, 0.6) is 0 Å². The molecule has 2 rings (SSSR count). The predicted octanol–water partition coefficient (Wildman–Crippen LogP) is 4.43. The Hall–Kier alpha value is -1.51. The SMILES string of the molecule is [CH2]c1ccc(C(=O)Nc2cc(Cl)cc(Cl)c2)cc1. The van der Waals surface area contributed by atoms with Crippen LogP contribution in [-0.4, -0.2) is 5.91 Å². The molecule has 0 bridgehead atoms. The fourth-order valence-corrected chi connectivity index (χ4v) is 2.01. The predicted molar refractivity (Wildman–Crippen MR) is 75.3 cm³/mol. The first-order chi connectivity index (χ1) is 8.54. The Bertz CT molecular complexity index is 559. The largest absolute Gasteiger partial charge is 0.322 e. The summed E-state index contributed by atoms with van der Waals surface area (Å²) in [5, 5.41) is 3.69. The molecule has 0 aliphatic carbocycles. The van der Waals surface area contributed by atoms with E-state index in [1.165, 1.54) is 0 Å². The standard InChI is InChI=1S/C14H10Cl2NO/c1-9-2-4-10(5-3-9)14(18)17-13-7-11(15)6-12(16)8-13/h2-8H,1H2,(H,17,18). The highest BCUT2D eigenvalue weighted by atomic mass is 35.5. The Balaban J connectivity index is 2.18. The van der Waals surface area contributed by atoms with Crippen molar-refractivity contribution in [1.82, 2.24) is 0 Å². The smallest absolute Gasteiger partial charge is 0.255 e. The lowest BCUT2D eigenvalue weighted by atomic mass is 10.1. The van der Waals surface area contributed by atoms with Crippen molar-refractivity contribution in [3.63, 3.8) is 0 Å². The number of rotatable bonds is 2.